The summed E-state index contributed by atoms with van der Waals surface area (Å²) < 4.78 is 0. The molecule has 0 aromatic carbocycles. The summed E-state index contributed by atoms with van der Waals surface area (Å²) in [5.74, 6) is 5.99. The van der Waals surface area contributed by atoms with Crippen molar-refractivity contribution in [2.45, 2.75) is 12.8 Å². The second kappa shape index (κ2) is 4.77. The molecular formula is C12H9ClN2. The van der Waals surface area contributed by atoms with Crippen LogP contribution in [0.3, 0.4) is 0 Å². The lowest BCUT2D eigenvalue weighted by molar-refractivity contribution is 1.03. The maximum Gasteiger partial charge on any atom is 0.223 e. The van der Waals surface area contributed by atoms with Gasteiger partial charge in [0, 0.05) is 11.8 Å². The third-order valence-corrected chi connectivity index (χ3v) is 2.14. The highest BCUT2D eigenvalue weighted by molar-refractivity contribution is 6.28. The minimum absolute atomic E-state index is 0.231. The Labute approximate surface area is 93.7 Å². The van der Waals surface area contributed by atoms with E-state index in [9.17, 15) is 0 Å². The van der Waals surface area contributed by atoms with Gasteiger partial charge in [0.2, 0.25) is 5.28 Å². The average molecular weight is 217 g/mol. The van der Waals surface area contributed by atoms with Crippen LogP contribution in [0, 0.1) is 11.8 Å². The van der Waals surface area contributed by atoms with Gasteiger partial charge in [0.25, 0.3) is 0 Å². The summed E-state index contributed by atoms with van der Waals surface area (Å²) >= 11 is 5.65. The van der Waals surface area contributed by atoms with E-state index in [0.717, 1.165) is 18.4 Å². The van der Waals surface area contributed by atoms with Crippen LogP contribution in [0.2, 0.25) is 5.28 Å². The first kappa shape index (κ1) is 9.95. The van der Waals surface area contributed by atoms with E-state index >= 15 is 0 Å². The molecule has 0 radical (unpaired) electrons. The van der Waals surface area contributed by atoms with Crippen molar-refractivity contribution >= 4 is 11.6 Å². The summed E-state index contributed by atoms with van der Waals surface area (Å²) in [4.78, 5) is 7.78. The maximum atomic E-state index is 5.65. The highest BCUT2D eigenvalue weighted by Gasteiger charge is 1.94. The summed E-state index contributed by atoms with van der Waals surface area (Å²) in [5.41, 5.74) is 1.69. The van der Waals surface area contributed by atoms with Crippen LogP contribution >= 0.6 is 11.6 Å². The van der Waals surface area contributed by atoms with Gasteiger partial charge in [-0.2, -0.15) is 0 Å². The Hall–Kier alpha value is -1.59. The van der Waals surface area contributed by atoms with Gasteiger partial charge in [-0.3, -0.25) is 0 Å². The molecule has 0 spiro atoms. The van der Waals surface area contributed by atoms with E-state index in [1.807, 2.05) is 6.08 Å². The molecule has 1 aromatic rings. The molecule has 0 amide bonds. The Bertz CT molecular complexity index is 478. The number of aromatic nitrogens is 2. The Morgan fingerprint density at radius 2 is 2.20 bits per heavy atom. The molecule has 0 N–H and O–H groups in total. The molecule has 0 saturated heterocycles. The first-order valence-corrected chi connectivity index (χ1v) is 5.10. The highest BCUT2D eigenvalue weighted by atomic mass is 35.5. The predicted octanol–water partition coefficient (Wildman–Crippen LogP) is 2.76. The maximum absolute atomic E-state index is 5.65. The summed E-state index contributed by atoms with van der Waals surface area (Å²) in [6, 6.07) is 1.74. The van der Waals surface area contributed by atoms with Crippen molar-refractivity contribution in [3.63, 3.8) is 0 Å². The van der Waals surface area contributed by atoms with E-state index in [-0.39, 0.29) is 5.28 Å². The lowest BCUT2D eigenvalue weighted by atomic mass is 10.1. The topological polar surface area (TPSA) is 25.8 Å². The predicted molar refractivity (Wildman–Crippen MR) is 60.4 cm³/mol. The monoisotopic (exact) mass is 216 g/mol. The van der Waals surface area contributed by atoms with Crippen LogP contribution in [0.1, 0.15) is 18.5 Å². The lowest BCUT2D eigenvalue weighted by Gasteiger charge is -1.97. The Balaban J connectivity index is 2.18. The lowest BCUT2D eigenvalue weighted by Crippen LogP contribution is -1.86. The number of halogens is 1. The van der Waals surface area contributed by atoms with Crippen molar-refractivity contribution in [1.29, 1.82) is 0 Å². The quantitative estimate of drug-likeness (QED) is 0.492. The van der Waals surface area contributed by atoms with Crippen LogP contribution in [0.25, 0.3) is 0 Å². The summed E-state index contributed by atoms with van der Waals surface area (Å²) in [6.45, 7) is 0. The molecule has 0 unspecified atom stereocenters. The average Bonchev–Trinajstić information content (AvgIpc) is 2.28. The Morgan fingerprint density at radius 1 is 1.27 bits per heavy atom. The molecule has 1 aliphatic carbocycles. The summed E-state index contributed by atoms with van der Waals surface area (Å²) in [6.07, 6.45) is 10.0. The van der Waals surface area contributed by atoms with Crippen molar-refractivity contribution in [1.82, 2.24) is 9.97 Å². The summed E-state index contributed by atoms with van der Waals surface area (Å²) in [5, 5.41) is 0.231. The van der Waals surface area contributed by atoms with Gasteiger partial charge < -0.3 is 0 Å². The van der Waals surface area contributed by atoms with Crippen LogP contribution in [-0.4, -0.2) is 9.97 Å². The number of nitrogens with zero attached hydrogens (tertiary/aromatic N) is 2. The highest BCUT2D eigenvalue weighted by Crippen LogP contribution is 2.08. The van der Waals surface area contributed by atoms with E-state index in [1.54, 1.807) is 12.3 Å². The van der Waals surface area contributed by atoms with Gasteiger partial charge in [-0.25, -0.2) is 9.97 Å². The van der Waals surface area contributed by atoms with E-state index < -0.39 is 0 Å². The van der Waals surface area contributed by atoms with Crippen LogP contribution in [0.4, 0.5) is 0 Å². The molecular weight excluding hydrogens is 208 g/mol. The van der Waals surface area contributed by atoms with Crippen LogP contribution < -0.4 is 0 Å². The fourth-order valence-electron chi connectivity index (χ4n) is 1.25. The molecule has 0 saturated carbocycles. The fraction of sp³-hybridized carbons (Fsp3) is 0.167. The number of allylic oxidation sites excluding steroid dienone is 4. The van der Waals surface area contributed by atoms with E-state index in [1.165, 1.54) is 0 Å². The zero-order valence-electron chi connectivity index (χ0n) is 8.07. The van der Waals surface area contributed by atoms with Crippen molar-refractivity contribution in [2.24, 2.45) is 0 Å². The van der Waals surface area contributed by atoms with Gasteiger partial charge in [0.1, 0.15) is 5.69 Å². The van der Waals surface area contributed by atoms with Crippen molar-refractivity contribution in [3.8, 4) is 11.8 Å². The molecule has 74 valence electrons. The summed E-state index contributed by atoms with van der Waals surface area (Å²) in [7, 11) is 0. The van der Waals surface area contributed by atoms with E-state index in [4.69, 9.17) is 11.6 Å². The molecule has 0 atom stereocenters. The minimum Gasteiger partial charge on any atom is -0.226 e. The van der Waals surface area contributed by atoms with Crippen LogP contribution in [0.5, 0.6) is 0 Å². The third kappa shape index (κ3) is 2.93. The molecule has 15 heavy (non-hydrogen) atoms. The number of hydrogen-bond donors (Lipinski definition) is 0. The van der Waals surface area contributed by atoms with Crippen molar-refractivity contribution < 1.29 is 0 Å². The number of rotatable bonds is 0. The normalized spacial score (nSPS) is 14.1. The molecule has 1 aromatic heterocycles. The van der Waals surface area contributed by atoms with Crippen LogP contribution in [-0.2, 0) is 0 Å². The molecule has 1 aliphatic rings. The molecule has 1 heterocycles. The third-order valence-electron chi connectivity index (χ3n) is 1.96. The zero-order chi connectivity index (χ0) is 10.5. The largest absolute Gasteiger partial charge is 0.226 e. The first-order chi connectivity index (χ1) is 7.34. The van der Waals surface area contributed by atoms with Gasteiger partial charge in [-0.05, 0) is 36.4 Å². The number of hydrogen-bond acceptors (Lipinski definition) is 2. The van der Waals surface area contributed by atoms with Crippen molar-refractivity contribution in [2.75, 3.05) is 0 Å². The molecule has 3 heteroatoms. The smallest absolute Gasteiger partial charge is 0.223 e. The Morgan fingerprint density at radius 3 is 2.93 bits per heavy atom. The van der Waals surface area contributed by atoms with Gasteiger partial charge in [-0.1, -0.05) is 24.1 Å². The molecule has 2 nitrogen and oxygen atoms in total. The molecule has 0 aliphatic heterocycles. The second-order valence-electron chi connectivity index (χ2n) is 3.10. The minimum atomic E-state index is 0.231. The van der Waals surface area contributed by atoms with E-state index in [2.05, 4.69) is 34.0 Å². The first-order valence-electron chi connectivity index (χ1n) is 4.72. The van der Waals surface area contributed by atoms with Gasteiger partial charge in [-0.15, -0.1) is 0 Å². The molecule has 0 bridgehead atoms. The molecule has 2 rings (SSSR count). The van der Waals surface area contributed by atoms with Gasteiger partial charge in [0.05, 0.1) is 0 Å². The Kier molecular flexibility index (Phi) is 3.16. The van der Waals surface area contributed by atoms with Gasteiger partial charge >= 0.3 is 0 Å². The second-order valence-corrected chi connectivity index (χ2v) is 3.44. The fourth-order valence-corrected chi connectivity index (χ4v) is 1.39. The zero-order valence-corrected chi connectivity index (χ0v) is 8.83. The van der Waals surface area contributed by atoms with Crippen molar-refractivity contribution in [3.05, 3.63) is 47.0 Å². The van der Waals surface area contributed by atoms with Gasteiger partial charge in [0.15, 0.2) is 0 Å². The standard InChI is InChI=1S/C12H9ClN2/c13-12-14-9-8-11(15-12)7-6-10-4-2-1-3-5-10/h2,4-5,8-9H,1,3H2. The van der Waals surface area contributed by atoms with Crippen LogP contribution in [0.15, 0.2) is 36.1 Å². The van der Waals surface area contributed by atoms with E-state index in [0.29, 0.717) is 5.69 Å². The SMILES string of the molecule is Clc1nccc(C#CC2=CCCC=C2)n1. The molecule has 0 fully saturated rings.